The molecule has 0 heterocycles. The van der Waals surface area contributed by atoms with Gasteiger partial charge in [0.1, 0.15) is 0 Å². The SMILES string of the molecule is CC(F)C(F)(F)C(Cl)=C(F)F.FC(F)=C(Cl)C(F)(F)F. The summed E-state index contributed by atoms with van der Waals surface area (Å²) < 4.78 is 114. The molecule has 20 heavy (non-hydrogen) atoms. The fraction of sp³-hybridized carbons (Fsp3) is 0.500. The summed E-state index contributed by atoms with van der Waals surface area (Å²) in [7, 11) is 0. The molecule has 0 aliphatic rings. The lowest BCUT2D eigenvalue weighted by Gasteiger charge is -2.15. The molecule has 0 N–H and O–H groups in total. The van der Waals surface area contributed by atoms with Crippen LogP contribution >= 0.6 is 23.2 Å². The van der Waals surface area contributed by atoms with Crippen LogP contribution < -0.4 is 0 Å². The van der Waals surface area contributed by atoms with Gasteiger partial charge in [0.05, 0.1) is 0 Å². The van der Waals surface area contributed by atoms with Gasteiger partial charge in [0, 0.05) is 0 Å². The first kappa shape index (κ1) is 21.7. The Hall–Kier alpha value is -0.640. The summed E-state index contributed by atoms with van der Waals surface area (Å²) in [6, 6.07) is 0. The van der Waals surface area contributed by atoms with Crippen LogP contribution in [0.3, 0.4) is 0 Å². The number of allylic oxidation sites excluding steroid dienone is 2. The zero-order valence-corrected chi connectivity index (χ0v) is 10.6. The number of halogens is 12. The highest BCUT2D eigenvalue weighted by Gasteiger charge is 2.43. The van der Waals surface area contributed by atoms with Gasteiger partial charge >= 0.3 is 12.1 Å². The molecule has 0 aliphatic heterocycles. The first-order chi connectivity index (χ1) is 8.65. The van der Waals surface area contributed by atoms with Crippen molar-refractivity contribution in [3.63, 3.8) is 0 Å². The van der Waals surface area contributed by atoms with Crippen LogP contribution in [-0.2, 0) is 0 Å². The average molecular weight is 361 g/mol. The standard InChI is InChI=1S/C5H4ClF5.C3ClF5/c1-2(7)5(10,11)3(6)4(8)9;4-1(2(5)6)3(7,8)9/h2H,1H3;. The van der Waals surface area contributed by atoms with E-state index in [-0.39, 0.29) is 0 Å². The van der Waals surface area contributed by atoms with E-state index in [4.69, 9.17) is 0 Å². The predicted octanol–water partition coefficient (Wildman–Crippen LogP) is 6.22. The molecule has 0 saturated carbocycles. The minimum atomic E-state index is -5.12. The van der Waals surface area contributed by atoms with E-state index in [1.54, 1.807) is 0 Å². The number of hydrogen-bond acceptors (Lipinski definition) is 0. The molecule has 0 radical (unpaired) electrons. The van der Waals surface area contributed by atoms with Gasteiger partial charge in [-0.2, -0.15) is 39.5 Å². The summed E-state index contributed by atoms with van der Waals surface area (Å²) in [5, 5.41) is -4.39. The molecule has 0 nitrogen and oxygen atoms in total. The van der Waals surface area contributed by atoms with Crippen LogP contribution in [0.5, 0.6) is 0 Å². The normalized spacial score (nSPS) is 13.1. The van der Waals surface area contributed by atoms with E-state index < -0.39 is 40.5 Å². The summed E-state index contributed by atoms with van der Waals surface area (Å²) in [6.45, 7) is 0.450. The number of hydrogen-bond donors (Lipinski definition) is 0. The van der Waals surface area contributed by atoms with Crippen molar-refractivity contribution in [3.05, 3.63) is 22.2 Å². The van der Waals surface area contributed by atoms with Gasteiger partial charge in [0.25, 0.3) is 12.2 Å². The van der Waals surface area contributed by atoms with Crippen molar-refractivity contribution in [1.82, 2.24) is 0 Å². The monoisotopic (exact) mass is 360 g/mol. The van der Waals surface area contributed by atoms with Gasteiger partial charge < -0.3 is 0 Å². The lowest BCUT2D eigenvalue weighted by atomic mass is 10.2. The second-order valence-corrected chi connectivity index (χ2v) is 3.64. The highest BCUT2D eigenvalue weighted by Crippen LogP contribution is 2.35. The van der Waals surface area contributed by atoms with Crippen molar-refractivity contribution in [3.8, 4) is 0 Å². The Morgan fingerprint density at radius 2 is 1.10 bits per heavy atom. The molecule has 0 bridgehead atoms. The lowest BCUT2D eigenvalue weighted by molar-refractivity contribution is -0.0875. The highest BCUT2D eigenvalue weighted by atomic mass is 35.5. The molecule has 0 aromatic rings. The third-order valence-corrected chi connectivity index (χ3v) is 2.12. The Balaban J connectivity index is 0. The summed E-state index contributed by atoms with van der Waals surface area (Å²) in [5.74, 6) is -4.29. The maximum atomic E-state index is 12.1. The summed E-state index contributed by atoms with van der Waals surface area (Å²) in [6.07, 6.45) is -13.5. The van der Waals surface area contributed by atoms with Gasteiger partial charge in [-0.3, -0.25) is 0 Å². The third kappa shape index (κ3) is 7.22. The van der Waals surface area contributed by atoms with Crippen LogP contribution in [0.2, 0.25) is 0 Å². The Morgan fingerprint density at radius 1 is 0.800 bits per heavy atom. The van der Waals surface area contributed by atoms with E-state index in [1.807, 2.05) is 0 Å². The maximum Gasteiger partial charge on any atom is 0.432 e. The highest BCUT2D eigenvalue weighted by molar-refractivity contribution is 6.30. The van der Waals surface area contributed by atoms with Gasteiger partial charge in [-0.15, -0.1) is 0 Å². The van der Waals surface area contributed by atoms with Gasteiger partial charge in [-0.25, -0.2) is 4.39 Å². The summed E-state index contributed by atoms with van der Waals surface area (Å²) in [4.78, 5) is 0. The first-order valence-corrected chi connectivity index (χ1v) is 4.92. The molecular weight excluding hydrogens is 357 g/mol. The molecule has 0 rings (SSSR count). The first-order valence-electron chi connectivity index (χ1n) is 4.16. The summed E-state index contributed by atoms with van der Waals surface area (Å²) in [5.41, 5.74) is 0. The predicted molar refractivity (Wildman–Crippen MR) is 51.8 cm³/mol. The van der Waals surface area contributed by atoms with Crippen LogP contribution in [0, 0.1) is 0 Å². The van der Waals surface area contributed by atoms with E-state index in [9.17, 15) is 43.9 Å². The molecule has 0 saturated heterocycles. The molecule has 0 amide bonds. The maximum absolute atomic E-state index is 12.1. The van der Waals surface area contributed by atoms with Crippen molar-refractivity contribution in [2.75, 3.05) is 0 Å². The topological polar surface area (TPSA) is 0 Å². The zero-order chi connectivity index (χ0) is 16.9. The van der Waals surface area contributed by atoms with E-state index in [0.29, 0.717) is 6.92 Å². The van der Waals surface area contributed by atoms with Crippen LogP contribution in [-0.4, -0.2) is 18.3 Å². The van der Waals surface area contributed by atoms with Crippen LogP contribution in [0.1, 0.15) is 6.92 Å². The van der Waals surface area contributed by atoms with E-state index in [0.717, 1.165) is 0 Å². The number of rotatable bonds is 2. The third-order valence-electron chi connectivity index (χ3n) is 1.37. The molecule has 0 aromatic heterocycles. The molecular formula is C8H4Cl2F10. The summed E-state index contributed by atoms with van der Waals surface area (Å²) >= 11 is 8.54. The fourth-order valence-electron chi connectivity index (χ4n) is 0.408. The Kier molecular flexibility index (Phi) is 8.62. The van der Waals surface area contributed by atoms with Crippen molar-refractivity contribution < 1.29 is 43.9 Å². The molecule has 0 aliphatic carbocycles. The molecule has 1 atom stereocenters. The van der Waals surface area contributed by atoms with Crippen LogP contribution in [0.25, 0.3) is 0 Å². The molecule has 120 valence electrons. The molecule has 12 heteroatoms. The van der Waals surface area contributed by atoms with Gasteiger partial charge in [-0.05, 0) is 6.92 Å². The Labute approximate surface area is 115 Å². The van der Waals surface area contributed by atoms with Crippen molar-refractivity contribution >= 4 is 23.2 Å². The smallest absolute Gasteiger partial charge is 0.241 e. The zero-order valence-electron chi connectivity index (χ0n) is 9.11. The average Bonchev–Trinajstić information content (AvgIpc) is 2.25. The van der Waals surface area contributed by atoms with Gasteiger partial charge in [-0.1, -0.05) is 23.2 Å². The van der Waals surface area contributed by atoms with Crippen molar-refractivity contribution in [2.45, 2.75) is 25.2 Å². The van der Waals surface area contributed by atoms with Crippen LogP contribution in [0.4, 0.5) is 43.9 Å². The lowest BCUT2D eigenvalue weighted by Crippen LogP contribution is -2.28. The second-order valence-electron chi connectivity index (χ2n) is 2.89. The van der Waals surface area contributed by atoms with Gasteiger partial charge in [0.2, 0.25) is 0 Å². The van der Waals surface area contributed by atoms with Crippen LogP contribution in [0.15, 0.2) is 22.2 Å². The van der Waals surface area contributed by atoms with Crippen molar-refractivity contribution in [2.24, 2.45) is 0 Å². The fourth-order valence-corrected chi connectivity index (χ4v) is 0.558. The van der Waals surface area contributed by atoms with Gasteiger partial charge in [0.15, 0.2) is 16.2 Å². The molecule has 1 unspecified atom stereocenters. The largest absolute Gasteiger partial charge is 0.432 e. The number of alkyl halides is 6. The van der Waals surface area contributed by atoms with E-state index >= 15 is 0 Å². The van der Waals surface area contributed by atoms with E-state index in [1.165, 1.54) is 0 Å². The van der Waals surface area contributed by atoms with E-state index in [2.05, 4.69) is 23.2 Å². The molecule has 0 fully saturated rings. The Morgan fingerprint density at radius 3 is 1.15 bits per heavy atom. The quantitative estimate of drug-likeness (QED) is 0.512. The second kappa shape index (κ2) is 7.96. The minimum Gasteiger partial charge on any atom is -0.241 e. The minimum absolute atomic E-state index is 0.450. The Bertz CT molecular complexity index is 373. The molecule has 0 aromatic carbocycles. The van der Waals surface area contributed by atoms with Crippen molar-refractivity contribution in [1.29, 1.82) is 0 Å². The molecule has 0 spiro atoms.